The summed E-state index contributed by atoms with van der Waals surface area (Å²) in [5.41, 5.74) is 1.07. The molecule has 0 radical (unpaired) electrons. The molecular weight excluding hydrogens is 338 g/mol. The maximum atomic E-state index is 11.9. The Morgan fingerprint density at radius 3 is 3.00 bits per heavy atom. The Morgan fingerprint density at radius 2 is 2.29 bits per heavy atom. The Kier molecular flexibility index (Phi) is 4.49. The van der Waals surface area contributed by atoms with Crippen molar-refractivity contribution in [2.24, 2.45) is 5.92 Å². The van der Waals surface area contributed by atoms with Crippen LogP contribution >= 0.6 is 15.9 Å². The highest BCUT2D eigenvalue weighted by Crippen LogP contribution is 2.37. The number of fused-ring (bicyclic) bond motifs is 1. The number of halogens is 1. The van der Waals surface area contributed by atoms with Crippen molar-refractivity contribution in [2.45, 2.75) is 32.2 Å². The van der Waals surface area contributed by atoms with Crippen molar-refractivity contribution in [3.05, 3.63) is 10.2 Å². The van der Waals surface area contributed by atoms with Gasteiger partial charge in [0.15, 0.2) is 0 Å². The van der Waals surface area contributed by atoms with Gasteiger partial charge in [0.2, 0.25) is 0 Å². The number of nitrogens with one attached hydrogen (secondary N) is 1. The molecule has 6 nitrogen and oxygen atoms in total. The van der Waals surface area contributed by atoms with Crippen LogP contribution in [0.3, 0.4) is 0 Å². The Labute approximate surface area is 132 Å². The molecule has 3 rings (SSSR count). The Balaban J connectivity index is 1.78. The Bertz CT molecular complexity index is 526. The fraction of sp³-hybridized carbons (Fsp3) is 0.714. The number of carbonyl (C=O) groups excluding carboxylic acids is 1. The van der Waals surface area contributed by atoms with Crippen LogP contribution in [0.5, 0.6) is 0 Å². The summed E-state index contributed by atoms with van der Waals surface area (Å²) in [7, 11) is 0. The molecule has 1 aromatic heterocycles. The molecule has 2 aliphatic rings. The number of carbonyl (C=O) groups is 1. The molecule has 0 saturated carbocycles. The third kappa shape index (κ3) is 2.94. The number of anilines is 1. The second kappa shape index (κ2) is 6.36. The van der Waals surface area contributed by atoms with Gasteiger partial charge in [0.1, 0.15) is 5.82 Å². The summed E-state index contributed by atoms with van der Waals surface area (Å²) < 4.78 is 13.4. The van der Waals surface area contributed by atoms with Crippen LogP contribution in [-0.2, 0) is 20.8 Å². The predicted molar refractivity (Wildman–Crippen MR) is 81.3 cm³/mol. The van der Waals surface area contributed by atoms with E-state index in [9.17, 15) is 4.79 Å². The van der Waals surface area contributed by atoms with Gasteiger partial charge >= 0.3 is 5.97 Å². The highest BCUT2D eigenvalue weighted by atomic mass is 79.9. The first-order valence-electron chi connectivity index (χ1n) is 7.45. The molecule has 1 saturated heterocycles. The molecule has 7 heteroatoms. The van der Waals surface area contributed by atoms with Crippen LogP contribution in [0.1, 0.15) is 31.4 Å². The maximum Gasteiger partial charge on any atom is 0.312 e. The summed E-state index contributed by atoms with van der Waals surface area (Å²) in [6.45, 7) is 4.99. The molecule has 0 bridgehead atoms. The minimum absolute atomic E-state index is 0.158. The lowest BCUT2D eigenvalue weighted by atomic mass is 9.97. The van der Waals surface area contributed by atoms with Crippen LogP contribution < -0.4 is 5.32 Å². The summed E-state index contributed by atoms with van der Waals surface area (Å²) in [5, 5.41) is 8.01. The predicted octanol–water partition coefficient (Wildman–Crippen LogP) is 2.14. The molecule has 1 fully saturated rings. The molecule has 21 heavy (non-hydrogen) atoms. The van der Waals surface area contributed by atoms with Crippen LogP contribution in [0.15, 0.2) is 4.47 Å². The van der Waals surface area contributed by atoms with Gasteiger partial charge in [-0.15, -0.1) is 0 Å². The third-order valence-corrected chi connectivity index (χ3v) is 4.84. The van der Waals surface area contributed by atoms with E-state index >= 15 is 0 Å². The summed E-state index contributed by atoms with van der Waals surface area (Å²) in [6, 6.07) is 0. The Hall–Kier alpha value is -1.08. The van der Waals surface area contributed by atoms with E-state index in [0.717, 1.165) is 42.0 Å². The van der Waals surface area contributed by atoms with Gasteiger partial charge in [0, 0.05) is 25.7 Å². The third-order valence-electron chi connectivity index (χ3n) is 4.06. The molecular formula is C14H20BrN3O3. The molecule has 2 aliphatic heterocycles. The number of aromatic nitrogens is 2. The SMILES string of the molecule is CCOC(=O)C1CNc2c(Br)c(C3CCOCC3)nn2C1. The van der Waals surface area contributed by atoms with E-state index in [2.05, 4.69) is 21.2 Å². The van der Waals surface area contributed by atoms with Gasteiger partial charge in [-0.25, -0.2) is 4.68 Å². The highest BCUT2D eigenvalue weighted by molar-refractivity contribution is 9.10. The van der Waals surface area contributed by atoms with Crippen molar-refractivity contribution in [1.82, 2.24) is 9.78 Å². The van der Waals surface area contributed by atoms with Crippen molar-refractivity contribution < 1.29 is 14.3 Å². The standard InChI is InChI=1S/C14H20BrN3O3/c1-2-21-14(19)10-7-16-13-11(15)12(17-18(13)8-10)9-3-5-20-6-4-9/h9-10,16H,2-8H2,1H3. The van der Waals surface area contributed by atoms with Crippen molar-refractivity contribution in [3.8, 4) is 0 Å². The zero-order chi connectivity index (χ0) is 14.8. The number of esters is 1. The highest BCUT2D eigenvalue weighted by Gasteiger charge is 2.31. The zero-order valence-electron chi connectivity index (χ0n) is 12.1. The molecule has 0 aliphatic carbocycles. The first kappa shape index (κ1) is 14.8. The van der Waals surface area contributed by atoms with Crippen LogP contribution in [0.4, 0.5) is 5.82 Å². The molecule has 3 heterocycles. The molecule has 116 valence electrons. The van der Waals surface area contributed by atoms with Crippen LogP contribution in [-0.4, -0.2) is 42.1 Å². The number of rotatable bonds is 3. The van der Waals surface area contributed by atoms with E-state index in [-0.39, 0.29) is 11.9 Å². The molecule has 1 atom stereocenters. The normalized spacial score (nSPS) is 22.5. The molecule has 1 aromatic rings. The van der Waals surface area contributed by atoms with E-state index < -0.39 is 0 Å². The van der Waals surface area contributed by atoms with Gasteiger partial charge in [0.25, 0.3) is 0 Å². The van der Waals surface area contributed by atoms with Crippen LogP contribution in [0.2, 0.25) is 0 Å². The van der Waals surface area contributed by atoms with E-state index in [1.165, 1.54) is 0 Å². The van der Waals surface area contributed by atoms with Gasteiger partial charge in [-0.05, 0) is 35.7 Å². The van der Waals surface area contributed by atoms with Gasteiger partial charge in [-0.3, -0.25) is 4.79 Å². The lowest BCUT2D eigenvalue weighted by molar-refractivity contribution is -0.148. The molecule has 0 spiro atoms. The lowest BCUT2D eigenvalue weighted by Crippen LogP contribution is -2.34. The minimum Gasteiger partial charge on any atom is -0.466 e. The van der Waals surface area contributed by atoms with Crippen molar-refractivity contribution in [2.75, 3.05) is 31.7 Å². The largest absolute Gasteiger partial charge is 0.466 e. The number of hydrogen-bond acceptors (Lipinski definition) is 5. The number of nitrogens with zero attached hydrogens (tertiary/aromatic N) is 2. The average Bonchev–Trinajstić information content (AvgIpc) is 2.85. The summed E-state index contributed by atoms with van der Waals surface area (Å²) >= 11 is 3.66. The maximum absolute atomic E-state index is 11.9. The van der Waals surface area contributed by atoms with E-state index in [1.807, 2.05) is 11.6 Å². The molecule has 1 N–H and O–H groups in total. The first-order chi connectivity index (χ1) is 10.2. The van der Waals surface area contributed by atoms with Crippen LogP contribution in [0.25, 0.3) is 0 Å². The monoisotopic (exact) mass is 357 g/mol. The van der Waals surface area contributed by atoms with Crippen LogP contribution in [0, 0.1) is 5.92 Å². The second-order valence-electron chi connectivity index (χ2n) is 5.45. The van der Waals surface area contributed by atoms with Gasteiger partial charge in [-0.1, -0.05) is 0 Å². The number of ether oxygens (including phenoxy) is 2. The quantitative estimate of drug-likeness (QED) is 0.839. The zero-order valence-corrected chi connectivity index (χ0v) is 13.7. The smallest absolute Gasteiger partial charge is 0.312 e. The molecule has 0 amide bonds. The van der Waals surface area contributed by atoms with E-state index in [4.69, 9.17) is 14.6 Å². The first-order valence-corrected chi connectivity index (χ1v) is 8.24. The molecule has 1 unspecified atom stereocenters. The average molecular weight is 358 g/mol. The van der Waals surface area contributed by atoms with E-state index in [1.54, 1.807) is 0 Å². The van der Waals surface area contributed by atoms with Crippen molar-refractivity contribution >= 4 is 27.7 Å². The number of hydrogen-bond donors (Lipinski definition) is 1. The van der Waals surface area contributed by atoms with E-state index in [0.29, 0.717) is 25.6 Å². The molecule has 0 aromatic carbocycles. The van der Waals surface area contributed by atoms with Crippen molar-refractivity contribution in [1.29, 1.82) is 0 Å². The summed E-state index contributed by atoms with van der Waals surface area (Å²) in [4.78, 5) is 11.9. The fourth-order valence-electron chi connectivity index (χ4n) is 2.90. The Morgan fingerprint density at radius 1 is 1.52 bits per heavy atom. The van der Waals surface area contributed by atoms with Gasteiger partial charge < -0.3 is 14.8 Å². The topological polar surface area (TPSA) is 65.4 Å². The minimum atomic E-state index is -0.174. The summed E-state index contributed by atoms with van der Waals surface area (Å²) in [5.74, 6) is 1.06. The van der Waals surface area contributed by atoms with Gasteiger partial charge in [0.05, 0.1) is 29.2 Å². The second-order valence-corrected chi connectivity index (χ2v) is 6.24. The fourth-order valence-corrected chi connectivity index (χ4v) is 3.65. The lowest BCUT2D eigenvalue weighted by Gasteiger charge is -2.23. The summed E-state index contributed by atoms with van der Waals surface area (Å²) in [6.07, 6.45) is 1.99. The van der Waals surface area contributed by atoms with Gasteiger partial charge in [-0.2, -0.15) is 5.10 Å². The van der Waals surface area contributed by atoms with Crippen molar-refractivity contribution in [3.63, 3.8) is 0 Å².